The van der Waals surface area contributed by atoms with Gasteiger partial charge in [0.2, 0.25) is 5.89 Å². The maximum Gasteiger partial charge on any atom is 0.227 e. The van der Waals surface area contributed by atoms with Crippen molar-refractivity contribution in [1.29, 1.82) is 0 Å². The maximum absolute atomic E-state index is 6.97. The Bertz CT molecular complexity index is 754. The van der Waals surface area contributed by atoms with E-state index in [4.69, 9.17) is 11.0 Å². The zero-order chi connectivity index (χ0) is 12.5. The summed E-state index contributed by atoms with van der Waals surface area (Å²) in [5.41, 5.74) is 2.88. The molecule has 3 aromatic rings. The van der Waals surface area contributed by atoms with Gasteiger partial charge in [0.15, 0.2) is 5.69 Å². The Balaban J connectivity index is 2.13. The lowest BCUT2D eigenvalue weighted by molar-refractivity contribution is 0.620. The van der Waals surface area contributed by atoms with Crippen LogP contribution in [0.25, 0.3) is 27.4 Å². The average molecular weight is 299 g/mol. The van der Waals surface area contributed by atoms with Gasteiger partial charge in [-0.05, 0) is 36.4 Å². The molecule has 0 N–H and O–H groups in total. The van der Waals surface area contributed by atoms with Gasteiger partial charge in [0.1, 0.15) is 11.1 Å². The van der Waals surface area contributed by atoms with Gasteiger partial charge in [-0.2, -0.15) is 0 Å². The molecule has 0 atom stereocenters. The molecule has 2 aromatic carbocycles. The first kappa shape index (κ1) is 11.0. The van der Waals surface area contributed by atoms with Crippen LogP contribution in [0.15, 0.2) is 51.4 Å². The van der Waals surface area contributed by atoms with Crippen LogP contribution in [0, 0.1) is 6.57 Å². The fraction of sp³-hybridized carbons (Fsp3) is 0. The Labute approximate surface area is 112 Å². The summed E-state index contributed by atoms with van der Waals surface area (Å²) in [6.45, 7) is 6.97. The fourth-order valence-corrected chi connectivity index (χ4v) is 1.96. The lowest BCUT2D eigenvalue weighted by Crippen LogP contribution is -1.75. The molecule has 0 amide bonds. The normalized spacial score (nSPS) is 10.4. The van der Waals surface area contributed by atoms with Crippen LogP contribution in [0.3, 0.4) is 0 Å². The molecule has 0 saturated heterocycles. The van der Waals surface area contributed by atoms with Crippen molar-refractivity contribution in [2.45, 2.75) is 0 Å². The van der Waals surface area contributed by atoms with E-state index >= 15 is 0 Å². The highest BCUT2D eigenvalue weighted by Gasteiger charge is 2.08. The van der Waals surface area contributed by atoms with Crippen molar-refractivity contribution in [2.24, 2.45) is 0 Å². The van der Waals surface area contributed by atoms with E-state index in [0.29, 0.717) is 17.2 Å². The van der Waals surface area contributed by atoms with Crippen LogP contribution in [-0.2, 0) is 0 Å². The molecule has 0 unspecified atom stereocenters. The molecule has 1 aromatic heterocycles. The Hall–Kier alpha value is -2.12. The van der Waals surface area contributed by atoms with Crippen LogP contribution in [0.2, 0.25) is 0 Å². The molecule has 0 bridgehead atoms. The molecular formula is C14H7BrN2O. The quantitative estimate of drug-likeness (QED) is 0.604. The lowest BCUT2D eigenvalue weighted by Gasteiger charge is -1.94. The van der Waals surface area contributed by atoms with Gasteiger partial charge in [0.25, 0.3) is 0 Å². The Morgan fingerprint density at radius 3 is 2.61 bits per heavy atom. The second-order valence-electron chi connectivity index (χ2n) is 3.79. The summed E-state index contributed by atoms with van der Waals surface area (Å²) in [5, 5.41) is 0. The molecule has 3 nitrogen and oxygen atoms in total. The third-order valence-electron chi connectivity index (χ3n) is 2.59. The number of hydrogen-bond acceptors (Lipinski definition) is 2. The first-order valence-electron chi connectivity index (χ1n) is 5.30. The van der Waals surface area contributed by atoms with Gasteiger partial charge in [-0.1, -0.05) is 22.0 Å². The molecule has 0 aliphatic heterocycles. The number of nitrogens with zero attached hydrogens (tertiary/aromatic N) is 2. The molecule has 0 aliphatic rings. The number of fused-ring (bicyclic) bond motifs is 1. The van der Waals surface area contributed by atoms with Gasteiger partial charge in [0.05, 0.1) is 6.57 Å². The third-order valence-corrected chi connectivity index (χ3v) is 3.12. The molecule has 18 heavy (non-hydrogen) atoms. The van der Waals surface area contributed by atoms with Gasteiger partial charge < -0.3 is 4.42 Å². The predicted octanol–water partition coefficient (Wildman–Crippen LogP) is 4.81. The third kappa shape index (κ3) is 1.89. The standard InChI is InChI=1S/C14H7BrN2O/c1-16-11-6-7-12-13(8-11)18-14(17-12)9-2-4-10(15)5-3-9/h2-8H. The number of rotatable bonds is 1. The lowest BCUT2D eigenvalue weighted by atomic mass is 10.2. The van der Waals surface area contributed by atoms with Crippen LogP contribution < -0.4 is 0 Å². The van der Waals surface area contributed by atoms with Gasteiger partial charge in [0, 0.05) is 10.0 Å². The molecule has 86 valence electrons. The molecule has 0 aliphatic carbocycles. The highest BCUT2D eigenvalue weighted by Crippen LogP contribution is 2.27. The first-order chi connectivity index (χ1) is 8.76. The van der Waals surface area contributed by atoms with Crippen molar-refractivity contribution in [2.75, 3.05) is 0 Å². The highest BCUT2D eigenvalue weighted by atomic mass is 79.9. The van der Waals surface area contributed by atoms with E-state index in [2.05, 4.69) is 25.8 Å². The summed E-state index contributed by atoms with van der Waals surface area (Å²) >= 11 is 3.39. The molecule has 3 rings (SSSR count). The topological polar surface area (TPSA) is 30.4 Å². The molecule has 4 heteroatoms. The zero-order valence-corrected chi connectivity index (χ0v) is 10.8. The van der Waals surface area contributed by atoms with Crippen LogP contribution in [0.5, 0.6) is 0 Å². The Morgan fingerprint density at radius 2 is 1.89 bits per heavy atom. The molecule has 0 saturated carbocycles. The van der Waals surface area contributed by atoms with Crippen molar-refractivity contribution in [1.82, 2.24) is 4.98 Å². The summed E-state index contributed by atoms with van der Waals surface area (Å²) in [6, 6.07) is 13.0. The summed E-state index contributed by atoms with van der Waals surface area (Å²) < 4.78 is 6.68. The average Bonchev–Trinajstić information content (AvgIpc) is 2.82. The van der Waals surface area contributed by atoms with E-state index in [-0.39, 0.29) is 0 Å². The summed E-state index contributed by atoms with van der Waals surface area (Å²) in [7, 11) is 0. The van der Waals surface area contributed by atoms with E-state index in [1.54, 1.807) is 18.2 Å². The Morgan fingerprint density at radius 1 is 1.11 bits per heavy atom. The zero-order valence-electron chi connectivity index (χ0n) is 9.22. The second kappa shape index (κ2) is 4.28. The number of aromatic nitrogens is 1. The van der Waals surface area contributed by atoms with Gasteiger partial charge in [-0.3, -0.25) is 0 Å². The maximum atomic E-state index is 6.97. The predicted molar refractivity (Wildman–Crippen MR) is 73.4 cm³/mol. The summed E-state index contributed by atoms with van der Waals surface area (Å²) in [5.74, 6) is 0.569. The summed E-state index contributed by atoms with van der Waals surface area (Å²) in [6.07, 6.45) is 0. The minimum atomic E-state index is 0.556. The van der Waals surface area contributed by atoms with E-state index in [1.807, 2.05) is 24.3 Å². The van der Waals surface area contributed by atoms with E-state index in [1.165, 1.54) is 0 Å². The first-order valence-corrected chi connectivity index (χ1v) is 6.09. The van der Waals surface area contributed by atoms with Gasteiger partial charge in [-0.25, -0.2) is 9.83 Å². The molecular weight excluding hydrogens is 292 g/mol. The smallest absolute Gasteiger partial charge is 0.227 e. The van der Waals surface area contributed by atoms with Gasteiger partial charge in [-0.15, -0.1) is 0 Å². The number of halogens is 1. The van der Waals surface area contributed by atoms with Crippen molar-refractivity contribution in [3.05, 3.63) is 58.4 Å². The molecule has 1 heterocycles. The van der Waals surface area contributed by atoms with E-state index in [9.17, 15) is 0 Å². The van der Waals surface area contributed by atoms with Crippen molar-refractivity contribution < 1.29 is 4.42 Å². The molecule has 0 radical (unpaired) electrons. The molecule has 0 spiro atoms. The van der Waals surface area contributed by atoms with Crippen molar-refractivity contribution in [3.63, 3.8) is 0 Å². The second-order valence-corrected chi connectivity index (χ2v) is 4.71. The Kier molecular flexibility index (Phi) is 2.62. The number of oxazole rings is 1. The van der Waals surface area contributed by atoms with Crippen molar-refractivity contribution >= 4 is 32.7 Å². The number of hydrogen-bond donors (Lipinski definition) is 0. The summed E-state index contributed by atoms with van der Waals surface area (Å²) in [4.78, 5) is 7.77. The molecule has 0 fully saturated rings. The van der Waals surface area contributed by atoms with Crippen LogP contribution in [-0.4, -0.2) is 4.98 Å². The largest absolute Gasteiger partial charge is 0.437 e. The van der Waals surface area contributed by atoms with E-state index in [0.717, 1.165) is 15.6 Å². The van der Waals surface area contributed by atoms with Crippen LogP contribution in [0.1, 0.15) is 0 Å². The number of benzene rings is 2. The van der Waals surface area contributed by atoms with Gasteiger partial charge >= 0.3 is 0 Å². The minimum Gasteiger partial charge on any atom is -0.437 e. The van der Waals surface area contributed by atoms with E-state index < -0.39 is 0 Å². The SMILES string of the molecule is [C-]#[N+]c1ccc2nc(-c3ccc(Br)cc3)oc2c1. The minimum absolute atomic E-state index is 0.556. The fourth-order valence-electron chi connectivity index (χ4n) is 1.70. The van der Waals surface area contributed by atoms with Crippen LogP contribution >= 0.6 is 15.9 Å². The highest BCUT2D eigenvalue weighted by molar-refractivity contribution is 9.10. The monoisotopic (exact) mass is 298 g/mol. The van der Waals surface area contributed by atoms with Crippen LogP contribution in [0.4, 0.5) is 5.69 Å². The van der Waals surface area contributed by atoms with Crippen molar-refractivity contribution in [3.8, 4) is 11.5 Å².